The normalized spacial score (nSPS) is 15.1. The molecule has 0 radical (unpaired) electrons. The molecule has 4 aromatic rings. The number of thioether (sulfide) groups is 1. The fourth-order valence-electron chi connectivity index (χ4n) is 4.69. The Morgan fingerprint density at radius 2 is 1.90 bits per heavy atom. The number of fused-ring (bicyclic) bond motifs is 6. The fourth-order valence-corrected chi connectivity index (χ4v) is 6.48. The van der Waals surface area contributed by atoms with Gasteiger partial charge in [-0.1, -0.05) is 30.0 Å². The Labute approximate surface area is 246 Å². The number of phenolic OH excluding ortho intramolecular Hbond substituents is 1. The van der Waals surface area contributed by atoms with Crippen LogP contribution < -0.4 is 10.6 Å². The second-order valence-electron chi connectivity index (χ2n) is 9.85. The average molecular weight is 590 g/mol. The molecule has 9 nitrogen and oxygen atoms in total. The van der Waals surface area contributed by atoms with E-state index in [1.807, 2.05) is 31.2 Å². The van der Waals surface area contributed by atoms with Crippen molar-refractivity contribution in [3.8, 4) is 16.9 Å². The predicted molar refractivity (Wildman–Crippen MR) is 161 cm³/mol. The number of aromatic nitrogens is 2. The third kappa shape index (κ3) is 7.22. The van der Waals surface area contributed by atoms with Gasteiger partial charge in [0.25, 0.3) is 5.91 Å². The third-order valence-electron chi connectivity index (χ3n) is 6.81. The number of rotatable bonds is 3. The molecule has 11 heteroatoms. The molecule has 0 unspecified atom stereocenters. The van der Waals surface area contributed by atoms with E-state index in [9.17, 15) is 19.5 Å². The number of nitrogens with one attached hydrogen (secondary N) is 2. The highest BCUT2D eigenvalue weighted by Gasteiger charge is 2.19. The molecular formula is C30H31N5O4S2. The van der Waals surface area contributed by atoms with Gasteiger partial charge in [0, 0.05) is 41.0 Å². The van der Waals surface area contributed by atoms with E-state index in [-0.39, 0.29) is 35.8 Å². The lowest BCUT2D eigenvalue weighted by molar-refractivity contribution is -0.134. The van der Waals surface area contributed by atoms with Gasteiger partial charge in [-0.25, -0.2) is 9.97 Å². The maximum Gasteiger partial charge on any atom is 0.251 e. The van der Waals surface area contributed by atoms with Crippen LogP contribution in [0.1, 0.15) is 33.6 Å². The van der Waals surface area contributed by atoms with Crippen molar-refractivity contribution in [2.24, 2.45) is 0 Å². The first-order valence-corrected chi connectivity index (χ1v) is 15.3. The Bertz CT molecular complexity index is 1590. The summed E-state index contributed by atoms with van der Waals surface area (Å²) in [5, 5.41) is 18.0. The SMILES string of the molecule is Cc1cc2c(SCC(=O)N3CCCCNC(=O)c4cccc(c4)-c4cc(ccc4O)CCNC(=O)C3)ncnc2s1. The molecule has 4 bridgehead atoms. The molecule has 0 spiro atoms. The number of aryl methyl sites for hydroxylation is 1. The van der Waals surface area contributed by atoms with E-state index in [0.29, 0.717) is 50.0 Å². The molecule has 212 valence electrons. The van der Waals surface area contributed by atoms with Gasteiger partial charge >= 0.3 is 0 Å². The highest BCUT2D eigenvalue weighted by Crippen LogP contribution is 2.32. The number of benzene rings is 2. The van der Waals surface area contributed by atoms with Gasteiger partial charge in [0.2, 0.25) is 11.8 Å². The van der Waals surface area contributed by atoms with Crippen LogP contribution in [0.2, 0.25) is 0 Å². The molecule has 3 heterocycles. The van der Waals surface area contributed by atoms with Crippen molar-refractivity contribution in [2.45, 2.75) is 31.2 Å². The number of aromatic hydroxyl groups is 1. The van der Waals surface area contributed by atoms with E-state index in [2.05, 4.69) is 20.6 Å². The molecule has 41 heavy (non-hydrogen) atoms. The number of phenols is 1. The molecule has 5 rings (SSSR count). The topological polar surface area (TPSA) is 125 Å². The number of hydrogen-bond acceptors (Lipinski definition) is 8. The molecule has 0 atom stereocenters. The van der Waals surface area contributed by atoms with E-state index >= 15 is 0 Å². The first-order valence-electron chi connectivity index (χ1n) is 13.5. The number of hydrogen-bond donors (Lipinski definition) is 3. The second kappa shape index (κ2) is 13.1. The summed E-state index contributed by atoms with van der Waals surface area (Å²) in [5.74, 6) is -0.317. The van der Waals surface area contributed by atoms with Gasteiger partial charge in [0.05, 0.1) is 12.3 Å². The zero-order chi connectivity index (χ0) is 28.8. The predicted octanol–water partition coefficient (Wildman–Crippen LogP) is 4.18. The smallest absolute Gasteiger partial charge is 0.251 e. The Hall–Kier alpha value is -3.96. The standard InChI is InChI=1S/C30H31N5O4S2/c1-19-13-24-29(33-18-34-30(24)41-19)40-17-27(38)35-12-3-2-10-32-28(39)22-6-4-5-21(15-22)23-14-20(7-8-25(23)36)9-11-31-26(37)16-35/h4-8,13-15,18,36H,2-3,9-12,16-17H2,1H3,(H,31,37)(H,32,39). The summed E-state index contributed by atoms with van der Waals surface area (Å²) >= 11 is 2.93. The van der Waals surface area contributed by atoms with Crippen molar-refractivity contribution in [2.75, 3.05) is 31.9 Å². The van der Waals surface area contributed by atoms with Gasteiger partial charge in [-0.15, -0.1) is 11.3 Å². The molecule has 3 amide bonds. The van der Waals surface area contributed by atoms with Crippen LogP contribution in [-0.4, -0.2) is 69.6 Å². The van der Waals surface area contributed by atoms with Gasteiger partial charge in [0.15, 0.2) is 0 Å². The maximum absolute atomic E-state index is 13.3. The first-order chi connectivity index (χ1) is 19.9. The number of carbonyl (C=O) groups excluding carboxylic acids is 3. The summed E-state index contributed by atoms with van der Waals surface area (Å²) in [5.41, 5.74) is 2.80. The highest BCUT2D eigenvalue weighted by atomic mass is 32.2. The lowest BCUT2D eigenvalue weighted by Crippen LogP contribution is -2.42. The van der Waals surface area contributed by atoms with Crippen LogP contribution in [-0.2, 0) is 16.0 Å². The van der Waals surface area contributed by atoms with E-state index in [0.717, 1.165) is 31.2 Å². The highest BCUT2D eigenvalue weighted by molar-refractivity contribution is 8.00. The minimum atomic E-state index is -0.234. The minimum absolute atomic E-state index is 0.0477. The summed E-state index contributed by atoms with van der Waals surface area (Å²) in [6.07, 6.45) is 3.33. The largest absolute Gasteiger partial charge is 0.507 e. The van der Waals surface area contributed by atoms with E-state index < -0.39 is 0 Å². The number of nitrogens with zero attached hydrogens (tertiary/aromatic N) is 3. The van der Waals surface area contributed by atoms with Gasteiger partial charge in [-0.3, -0.25) is 14.4 Å². The number of thiophene rings is 1. The zero-order valence-electron chi connectivity index (χ0n) is 22.7. The molecule has 2 aromatic heterocycles. The van der Waals surface area contributed by atoms with Crippen molar-refractivity contribution in [1.29, 1.82) is 0 Å². The minimum Gasteiger partial charge on any atom is -0.507 e. The van der Waals surface area contributed by atoms with Crippen LogP contribution in [0.4, 0.5) is 0 Å². The second-order valence-corrected chi connectivity index (χ2v) is 12.1. The molecule has 1 aliphatic heterocycles. The summed E-state index contributed by atoms with van der Waals surface area (Å²) in [7, 11) is 0. The number of amides is 3. The summed E-state index contributed by atoms with van der Waals surface area (Å²) in [6, 6.07) is 14.5. The zero-order valence-corrected chi connectivity index (χ0v) is 24.3. The Morgan fingerprint density at radius 1 is 1.05 bits per heavy atom. The molecule has 2 aromatic carbocycles. The first kappa shape index (κ1) is 28.6. The van der Waals surface area contributed by atoms with E-state index in [4.69, 9.17) is 0 Å². The average Bonchev–Trinajstić information content (AvgIpc) is 3.36. The molecule has 3 N–H and O–H groups in total. The summed E-state index contributed by atoms with van der Waals surface area (Å²) in [4.78, 5) is 51.2. The van der Waals surface area contributed by atoms with Gasteiger partial charge in [-0.2, -0.15) is 0 Å². The molecular weight excluding hydrogens is 558 g/mol. The van der Waals surface area contributed by atoms with Crippen molar-refractivity contribution in [3.05, 3.63) is 70.9 Å². The van der Waals surface area contributed by atoms with Crippen LogP contribution in [0.15, 0.2) is 59.9 Å². The van der Waals surface area contributed by atoms with Gasteiger partial charge in [0.1, 0.15) is 21.9 Å². The van der Waals surface area contributed by atoms with E-state index in [1.54, 1.807) is 40.5 Å². The Balaban J connectivity index is 1.29. The van der Waals surface area contributed by atoms with Crippen LogP contribution in [0.3, 0.4) is 0 Å². The lowest BCUT2D eigenvalue weighted by Gasteiger charge is -2.22. The molecule has 0 aliphatic carbocycles. The van der Waals surface area contributed by atoms with E-state index in [1.165, 1.54) is 18.1 Å². The third-order valence-corrected chi connectivity index (χ3v) is 8.76. The van der Waals surface area contributed by atoms with Crippen molar-refractivity contribution >= 4 is 51.0 Å². The van der Waals surface area contributed by atoms with Crippen molar-refractivity contribution < 1.29 is 19.5 Å². The van der Waals surface area contributed by atoms with Crippen LogP contribution in [0, 0.1) is 6.92 Å². The maximum atomic E-state index is 13.3. The van der Waals surface area contributed by atoms with Gasteiger partial charge < -0.3 is 20.6 Å². The lowest BCUT2D eigenvalue weighted by atomic mass is 9.98. The molecule has 0 saturated carbocycles. The number of carbonyl (C=O) groups is 3. The summed E-state index contributed by atoms with van der Waals surface area (Å²) in [6.45, 7) is 3.18. The fraction of sp³-hybridized carbons (Fsp3) is 0.300. The Kier molecular flexibility index (Phi) is 9.15. The molecule has 0 saturated heterocycles. The Morgan fingerprint density at radius 3 is 2.78 bits per heavy atom. The molecule has 1 aliphatic rings. The summed E-state index contributed by atoms with van der Waals surface area (Å²) < 4.78 is 0. The monoisotopic (exact) mass is 589 g/mol. The molecule has 0 fully saturated rings. The van der Waals surface area contributed by atoms with Crippen LogP contribution in [0.5, 0.6) is 5.75 Å². The van der Waals surface area contributed by atoms with Gasteiger partial charge in [-0.05, 0) is 67.6 Å². The van der Waals surface area contributed by atoms with Crippen molar-refractivity contribution in [3.63, 3.8) is 0 Å². The van der Waals surface area contributed by atoms with Crippen molar-refractivity contribution in [1.82, 2.24) is 25.5 Å². The van der Waals surface area contributed by atoms with Crippen LogP contribution in [0.25, 0.3) is 21.3 Å². The van der Waals surface area contributed by atoms with Crippen LogP contribution >= 0.6 is 23.1 Å². The quantitative estimate of drug-likeness (QED) is 0.242.